The van der Waals surface area contributed by atoms with Crippen molar-refractivity contribution in [1.82, 2.24) is 0 Å². The number of benzene rings is 2. The Morgan fingerprint density at radius 1 is 1.05 bits per heavy atom. The molecule has 0 aliphatic heterocycles. The van der Waals surface area contributed by atoms with Crippen molar-refractivity contribution in [2.24, 2.45) is 0 Å². The molecule has 0 bridgehead atoms. The Morgan fingerprint density at radius 3 is 2.29 bits per heavy atom. The zero-order valence-electron chi connectivity index (χ0n) is 12.8. The number of nitrogens with two attached hydrogens (primary N) is 1. The highest BCUT2D eigenvalue weighted by molar-refractivity contribution is 5.92. The van der Waals surface area contributed by atoms with Crippen molar-refractivity contribution in [2.45, 2.75) is 33.8 Å². The summed E-state index contributed by atoms with van der Waals surface area (Å²) in [5.41, 5.74) is 11.1. The highest BCUT2D eigenvalue weighted by Gasteiger charge is 2.12. The number of anilines is 1. The smallest absolute Gasteiger partial charge is 0.338 e. The van der Waals surface area contributed by atoms with Gasteiger partial charge in [0.2, 0.25) is 0 Å². The average molecular weight is 283 g/mol. The second-order valence-corrected chi connectivity index (χ2v) is 5.27. The van der Waals surface area contributed by atoms with Crippen LogP contribution in [0.2, 0.25) is 0 Å². The van der Waals surface area contributed by atoms with Crippen LogP contribution in [-0.4, -0.2) is 5.97 Å². The standard InChI is InChI=1S/C18H21NO2/c1-4-14-5-7-15(8-6-14)11-21-18(20)16-10-17(19)13(3)9-12(16)2/h5-10H,4,11,19H2,1-3H3. The SMILES string of the molecule is CCc1ccc(COC(=O)c2cc(N)c(C)cc2C)cc1. The molecule has 0 aliphatic carbocycles. The van der Waals surface area contributed by atoms with Crippen LogP contribution in [0.4, 0.5) is 5.69 Å². The molecule has 2 aromatic rings. The third kappa shape index (κ3) is 3.63. The number of aryl methyl sites for hydroxylation is 3. The van der Waals surface area contributed by atoms with Gasteiger partial charge in [-0.25, -0.2) is 4.79 Å². The van der Waals surface area contributed by atoms with Gasteiger partial charge in [-0.2, -0.15) is 0 Å². The zero-order valence-corrected chi connectivity index (χ0v) is 12.8. The lowest BCUT2D eigenvalue weighted by Gasteiger charge is -2.10. The lowest BCUT2D eigenvalue weighted by atomic mass is 10.0. The minimum atomic E-state index is -0.334. The van der Waals surface area contributed by atoms with E-state index in [0.29, 0.717) is 11.3 Å². The van der Waals surface area contributed by atoms with E-state index < -0.39 is 0 Å². The van der Waals surface area contributed by atoms with Crippen molar-refractivity contribution in [3.63, 3.8) is 0 Å². The Morgan fingerprint density at radius 2 is 1.67 bits per heavy atom. The van der Waals surface area contributed by atoms with Gasteiger partial charge in [0.05, 0.1) is 5.56 Å². The third-order valence-corrected chi connectivity index (χ3v) is 3.63. The summed E-state index contributed by atoms with van der Waals surface area (Å²) in [5.74, 6) is -0.334. The second-order valence-electron chi connectivity index (χ2n) is 5.27. The van der Waals surface area contributed by atoms with Gasteiger partial charge in [0.1, 0.15) is 6.61 Å². The van der Waals surface area contributed by atoms with Crippen molar-refractivity contribution in [1.29, 1.82) is 0 Å². The predicted octanol–water partition coefficient (Wildman–Crippen LogP) is 3.81. The molecule has 0 spiro atoms. The molecule has 0 saturated carbocycles. The van der Waals surface area contributed by atoms with Crippen molar-refractivity contribution < 1.29 is 9.53 Å². The van der Waals surface area contributed by atoms with Gasteiger partial charge >= 0.3 is 5.97 Å². The molecule has 0 aliphatic rings. The van der Waals surface area contributed by atoms with E-state index in [4.69, 9.17) is 10.5 Å². The fourth-order valence-electron chi connectivity index (χ4n) is 2.19. The molecule has 2 aromatic carbocycles. The van der Waals surface area contributed by atoms with Gasteiger partial charge in [-0.1, -0.05) is 37.3 Å². The van der Waals surface area contributed by atoms with E-state index in [1.165, 1.54) is 5.56 Å². The maximum absolute atomic E-state index is 12.1. The highest BCUT2D eigenvalue weighted by Crippen LogP contribution is 2.19. The van der Waals surface area contributed by atoms with Gasteiger partial charge in [0.15, 0.2) is 0 Å². The van der Waals surface area contributed by atoms with E-state index in [1.807, 2.05) is 32.0 Å². The van der Waals surface area contributed by atoms with Crippen LogP contribution < -0.4 is 5.73 Å². The first-order valence-corrected chi connectivity index (χ1v) is 7.13. The summed E-state index contributed by atoms with van der Waals surface area (Å²) in [5, 5.41) is 0. The van der Waals surface area contributed by atoms with Gasteiger partial charge in [-0.15, -0.1) is 0 Å². The lowest BCUT2D eigenvalue weighted by molar-refractivity contribution is 0.0472. The Labute approximate surface area is 125 Å². The Kier molecular flexibility index (Phi) is 4.63. The minimum absolute atomic E-state index is 0.274. The monoisotopic (exact) mass is 283 g/mol. The molecular formula is C18H21NO2. The number of carbonyl (C=O) groups is 1. The van der Waals surface area contributed by atoms with Crippen molar-refractivity contribution in [3.8, 4) is 0 Å². The lowest BCUT2D eigenvalue weighted by Crippen LogP contribution is -2.08. The molecule has 0 unspecified atom stereocenters. The summed E-state index contributed by atoms with van der Waals surface area (Å²) in [6.07, 6.45) is 1.00. The molecule has 0 atom stereocenters. The summed E-state index contributed by atoms with van der Waals surface area (Å²) in [4.78, 5) is 12.1. The summed E-state index contributed by atoms with van der Waals surface area (Å²) >= 11 is 0. The molecule has 0 heterocycles. The Hall–Kier alpha value is -2.29. The van der Waals surface area contributed by atoms with Gasteiger partial charge in [0, 0.05) is 5.69 Å². The third-order valence-electron chi connectivity index (χ3n) is 3.63. The van der Waals surface area contributed by atoms with Gasteiger partial charge in [-0.3, -0.25) is 0 Å². The number of carbonyl (C=O) groups excluding carboxylic acids is 1. The number of hydrogen-bond donors (Lipinski definition) is 1. The minimum Gasteiger partial charge on any atom is -0.457 e. The number of esters is 1. The first-order chi connectivity index (χ1) is 10.0. The first kappa shape index (κ1) is 15.1. The van der Waals surface area contributed by atoms with Crippen LogP contribution in [-0.2, 0) is 17.8 Å². The van der Waals surface area contributed by atoms with Crippen molar-refractivity contribution in [3.05, 3.63) is 64.2 Å². The van der Waals surface area contributed by atoms with Crippen LogP contribution in [0.5, 0.6) is 0 Å². The molecule has 110 valence electrons. The number of ether oxygens (including phenoxy) is 1. The maximum Gasteiger partial charge on any atom is 0.338 e. The summed E-state index contributed by atoms with van der Waals surface area (Å²) in [7, 11) is 0. The van der Waals surface area contributed by atoms with Crippen molar-refractivity contribution >= 4 is 11.7 Å². The zero-order chi connectivity index (χ0) is 15.4. The van der Waals surface area contributed by atoms with Gasteiger partial charge < -0.3 is 10.5 Å². The van der Waals surface area contributed by atoms with Gasteiger partial charge in [-0.05, 0) is 48.6 Å². The number of nitrogen functional groups attached to an aromatic ring is 1. The van der Waals surface area contributed by atoms with Crippen LogP contribution in [0.1, 0.15) is 39.5 Å². The van der Waals surface area contributed by atoms with E-state index >= 15 is 0 Å². The van der Waals surface area contributed by atoms with Crippen LogP contribution >= 0.6 is 0 Å². The maximum atomic E-state index is 12.1. The summed E-state index contributed by atoms with van der Waals surface area (Å²) < 4.78 is 5.37. The van der Waals surface area contributed by atoms with E-state index in [1.54, 1.807) is 6.07 Å². The van der Waals surface area contributed by atoms with Crippen LogP contribution in [0.25, 0.3) is 0 Å². The molecule has 0 fully saturated rings. The molecule has 2 rings (SSSR count). The summed E-state index contributed by atoms with van der Waals surface area (Å²) in [6.45, 7) is 6.20. The second kappa shape index (κ2) is 6.44. The highest BCUT2D eigenvalue weighted by atomic mass is 16.5. The van der Waals surface area contributed by atoms with E-state index in [0.717, 1.165) is 23.1 Å². The number of hydrogen-bond acceptors (Lipinski definition) is 3. The average Bonchev–Trinajstić information content (AvgIpc) is 2.49. The molecular weight excluding hydrogens is 262 g/mol. The fraction of sp³-hybridized carbons (Fsp3) is 0.278. The van der Waals surface area contributed by atoms with Crippen LogP contribution in [0, 0.1) is 13.8 Å². The van der Waals surface area contributed by atoms with E-state index in [9.17, 15) is 4.79 Å². The number of rotatable bonds is 4. The Balaban J connectivity index is 2.06. The predicted molar refractivity (Wildman–Crippen MR) is 85.3 cm³/mol. The Bertz CT molecular complexity index is 645. The fourth-order valence-corrected chi connectivity index (χ4v) is 2.19. The molecule has 0 amide bonds. The normalized spacial score (nSPS) is 10.4. The van der Waals surface area contributed by atoms with Crippen LogP contribution in [0.15, 0.2) is 36.4 Å². The van der Waals surface area contributed by atoms with Gasteiger partial charge in [0.25, 0.3) is 0 Å². The molecule has 3 nitrogen and oxygen atoms in total. The summed E-state index contributed by atoms with van der Waals surface area (Å²) in [6, 6.07) is 11.7. The van der Waals surface area contributed by atoms with E-state index in [2.05, 4.69) is 19.1 Å². The van der Waals surface area contributed by atoms with Crippen LogP contribution in [0.3, 0.4) is 0 Å². The molecule has 2 N–H and O–H groups in total. The van der Waals surface area contributed by atoms with Crippen molar-refractivity contribution in [2.75, 3.05) is 5.73 Å². The van der Waals surface area contributed by atoms with E-state index in [-0.39, 0.29) is 12.6 Å². The molecule has 0 aromatic heterocycles. The molecule has 21 heavy (non-hydrogen) atoms. The quantitative estimate of drug-likeness (QED) is 0.686. The molecule has 3 heteroatoms. The molecule has 0 saturated heterocycles. The first-order valence-electron chi connectivity index (χ1n) is 7.13. The topological polar surface area (TPSA) is 52.3 Å². The largest absolute Gasteiger partial charge is 0.457 e. The molecule has 0 radical (unpaired) electrons.